The van der Waals surface area contributed by atoms with Crippen LogP contribution in [0.4, 0.5) is 18.9 Å². The second-order valence-electron chi connectivity index (χ2n) is 11.2. The molecular formula is C34H26ClF3N8O3S. The van der Waals surface area contributed by atoms with E-state index < -0.39 is 36.1 Å². The van der Waals surface area contributed by atoms with Gasteiger partial charge in [0.2, 0.25) is 5.82 Å². The highest BCUT2D eigenvalue weighted by atomic mass is 35.5. The van der Waals surface area contributed by atoms with Crippen LogP contribution >= 0.6 is 22.9 Å². The Bertz CT molecular complexity index is 2150. The zero-order chi connectivity index (χ0) is 34.9. The lowest BCUT2D eigenvalue weighted by atomic mass is 9.95. The molecule has 50 heavy (non-hydrogen) atoms. The molecule has 16 heteroatoms. The zero-order valence-corrected chi connectivity index (χ0v) is 28.0. The Balaban J connectivity index is 1.20. The first-order valence-corrected chi connectivity index (χ1v) is 16.5. The van der Waals surface area contributed by atoms with E-state index in [1.54, 1.807) is 36.2 Å². The Morgan fingerprint density at radius 3 is 2.62 bits per heavy atom. The molecular weight excluding hydrogens is 693 g/mol. The first-order chi connectivity index (χ1) is 24.2. The van der Waals surface area contributed by atoms with Crippen molar-refractivity contribution in [3.8, 4) is 17.4 Å². The molecule has 7 rings (SSSR count). The summed E-state index contributed by atoms with van der Waals surface area (Å²) < 4.78 is 55.5. The molecule has 1 N–H and O–H groups in total. The first-order valence-electron chi connectivity index (χ1n) is 15.2. The third kappa shape index (κ3) is 6.36. The number of amidine groups is 1. The highest BCUT2D eigenvalue weighted by Crippen LogP contribution is 2.39. The van der Waals surface area contributed by atoms with Gasteiger partial charge in [0.25, 0.3) is 0 Å². The van der Waals surface area contributed by atoms with Crippen molar-refractivity contribution < 1.29 is 27.4 Å². The van der Waals surface area contributed by atoms with E-state index in [1.807, 2.05) is 11.8 Å². The van der Waals surface area contributed by atoms with Gasteiger partial charge in [0, 0.05) is 77.1 Å². The van der Waals surface area contributed by atoms with Crippen LogP contribution in [0.2, 0.25) is 5.02 Å². The Kier molecular flexibility index (Phi) is 9.16. The lowest BCUT2D eigenvalue weighted by Crippen LogP contribution is -2.36. The summed E-state index contributed by atoms with van der Waals surface area (Å²) in [6.07, 6.45) is 7.00. The molecule has 0 aliphatic carbocycles. The number of benzene rings is 2. The monoisotopic (exact) mass is 718 g/mol. The van der Waals surface area contributed by atoms with Crippen LogP contribution in [0, 0.1) is 17.5 Å². The predicted octanol–water partition coefficient (Wildman–Crippen LogP) is 6.18. The van der Waals surface area contributed by atoms with Crippen LogP contribution in [0.15, 0.2) is 82.8 Å². The van der Waals surface area contributed by atoms with Crippen LogP contribution in [-0.2, 0) is 16.0 Å². The standard InChI is InChI=1S/C34H26ClF3N8O3S/c1-17-21-15-42-31(30-39-7-3-8-40-30)43-24(21)6-10-46(17)19-13-23(37)28(38)26(14-19)49-16-25-27(34(47)48-2)29(20-5-4-18(36)12-22(20)35)45-32(44-25)33-41-9-11-50-33/h3-5,7-9,11-15,17,29H,6,10,16H2,1-2H3,(H,44,45)/t17?,29-/m0/s1. The van der Waals surface area contributed by atoms with Gasteiger partial charge >= 0.3 is 5.97 Å². The SMILES string of the molecule is COC(=O)C1=C(COc2cc(N3CCc4nc(-c5ncccn5)ncc4C3C)cc(F)c2F)NC(c2nccs2)=N[C@H]1c1ccc(F)cc1Cl. The number of nitrogens with zero attached hydrogens (tertiary/aromatic N) is 7. The van der Waals surface area contributed by atoms with Crippen LogP contribution in [0.3, 0.4) is 0 Å². The number of esters is 1. The number of hydrogen-bond donors (Lipinski definition) is 1. The molecule has 5 aromatic rings. The Morgan fingerprint density at radius 2 is 1.88 bits per heavy atom. The van der Waals surface area contributed by atoms with Crippen LogP contribution in [0.1, 0.15) is 40.8 Å². The number of carbonyl (C=O) groups is 1. The average Bonchev–Trinajstić information content (AvgIpc) is 3.67. The van der Waals surface area contributed by atoms with Gasteiger partial charge in [-0.3, -0.25) is 4.99 Å². The summed E-state index contributed by atoms with van der Waals surface area (Å²) in [5.41, 5.74) is 2.44. The first kappa shape index (κ1) is 33.1. The van der Waals surface area contributed by atoms with Gasteiger partial charge in [-0.2, -0.15) is 4.39 Å². The van der Waals surface area contributed by atoms with Crippen molar-refractivity contribution in [1.82, 2.24) is 30.2 Å². The number of methoxy groups -OCH3 is 1. The third-order valence-electron chi connectivity index (χ3n) is 8.28. The van der Waals surface area contributed by atoms with E-state index in [1.165, 1.54) is 36.6 Å². The number of halogens is 4. The van der Waals surface area contributed by atoms with Gasteiger partial charge in [0.05, 0.1) is 30.1 Å². The molecule has 2 atom stereocenters. The zero-order valence-electron chi connectivity index (χ0n) is 26.4. The van der Waals surface area contributed by atoms with E-state index in [0.717, 1.165) is 23.4 Å². The van der Waals surface area contributed by atoms with E-state index in [9.17, 15) is 9.18 Å². The summed E-state index contributed by atoms with van der Waals surface area (Å²) in [7, 11) is 1.19. The number of aliphatic imine (C=N–C) groups is 1. The van der Waals surface area contributed by atoms with Crippen molar-refractivity contribution in [2.24, 2.45) is 4.99 Å². The summed E-state index contributed by atoms with van der Waals surface area (Å²) in [6.45, 7) is 1.93. The Morgan fingerprint density at radius 1 is 1.06 bits per heavy atom. The van der Waals surface area contributed by atoms with Crippen molar-refractivity contribution in [2.45, 2.75) is 25.4 Å². The number of rotatable bonds is 8. The van der Waals surface area contributed by atoms with Gasteiger partial charge in [-0.1, -0.05) is 17.7 Å². The van der Waals surface area contributed by atoms with E-state index in [2.05, 4.69) is 35.2 Å². The summed E-state index contributed by atoms with van der Waals surface area (Å²) in [5, 5.41) is 5.29. The molecule has 0 saturated heterocycles. The van der Waals surface area contributed by atoms with E-state index >= 15 is 8.78 Å². The number of fused-ring (bicyclic) bond motifs is 1. The third-order valence-corrected chi connectivity index (χ3v) is 9.39. The fraction of sp³-hybridized carbons (Fsp3) is 0.206. The van der Waals surface area contributed by atoms with Gasteiger partial charge in [0.15, 0.2) is 34.1 Å². The minimum absolute atomic E-state index is 0.0140. The molecule has 0 radical (unpaired) electrons. The molecule has 254 valence electrons. The maximum absolute atomic E-state index is 15.3. The molecule has 5 heterocycles. The molecule has 0 saturated carbocycles. The number of hydrogen-bond acceptors (Lipinski definition) is 12. The van der Waals surface area contributed by atoms with Crippen LogP contribution in [0.5, 0.6) is 5.75 Å². The van der Waals surface area contributed by atoms with Crippen molar-refractivity contribution in [3.63, 3.8) is 0 Å². The number of anilines is 1. The van der Waals surface area contributed by atoms with E-state index in [0.29, 0.717) is 40.9 Å². The number of aromatic nitrogens is 5. The van der Waals surface area contributed by atoms with Crippen molar-refractivity contribution >= 4 is 40.4 Å². The maximum Gasteiger partial charge on any atom is 0.338 e. The van der Waals surface area contributed by atoms with Crippen LogP contribution in [-0.4, -0.2) is 57.0 Å². The molecule has 0 bridgehead atoms. The molecule has 3 aromatic heterocycles. The summed E-state index contributed by atoms with van der Waals surface area (Å²) in [5.74, 6) is -3.01. The Labute approximate surface area is 292 Å². The van der Waals surface area contributed by atoms with Gasteiger partial charge in [-0.05, 0) is 25.1 Å². The smallest absolute Gasteiger partial charge is 0.338 e. The van der Waals surface area contributed by atoms with Crippen LogP contribution in [0.25, 0.3) is 11.6 Å². The largest absolute Gasteiger partial charge is 0.484 e. The molecule has 1 unspecified atom stereocenters. The topological polar surface area (TPSA) is 128 Å². The fourth-order valence-electron chi connectivity index (χ4n) is 5.87. The molecule has 2 aromatic carbocycles. The number of nitrogens with one attached hydrogen (secondary N) is 1. The summed E-state index contributed by atoms with van der Waals surface area (Å²) >= 11 is 7.70. The predicted molar refractivity (Wildman–Crippen MR) is 179 cm³/mol. The van der Waals surface area contributed by atoms with Gasteiger partial charge in [0.1, 0.15) is 18.5 Å². The molecule has 2 aliphatic heterocycles. The lowest BCUT2D eigenvalue weighted by molar-refractivity contribution is -0.136. The number of thiazole rings is 1. The average molecular weight is 719 g/mol. The maximum atomic E-state index is 15.3. The fourth-order valence-corrected chi connectivity index (χ4v) is 6.73. The van der Waals surface area contributed by atoms with Crippen LogP contribution < -0.4 is 15.0 Å². The number of ether oxygens (including phenoxy) is 2. The Hall–Kier alpha value is -5.41. The minimum atomic E-state index is -1.21. The van der Waals surface area contributed by atoms with Gasteiger partial charge < -0.3 is 19.7 Å². The van der Waals surface area contributed by atoms with Crippen molar-refractivity contribution in [1.29, 1.82) is 0 Å². The molecule has 11 nitrogen and oxygen atoms in total. The van der Waals surface area contributed by atoms with Crippen molar-refractivity contribution in [2.75, 3.05) is 25.2 Å². The quantitative estimate of drug-likeness (QED) is 0.186. The molecule has 0 amide bonds. The van der Waals surface area contributed by atoms with Gasteiger partial charge in [-0.15, -0.1) is 11.3 Å². The van der Waals surface area contributed by atoms with E-state index in [-0.39, 0.29) is 33.9 Å². The van der Waals surface area contributed by atoms with Gasteiger partial charge in [-0.25, -0.2) is 38.5 Å². The second-order valence-corrected chi connectivity index (χ2v) is 12.5. The normalized spacial score (nSPS) is 17.2. The van der Waals surface area contributed by atoms with Crippen molar-refractivity contribution in [3.05, 3.63) is 122 Å². The van der Waals surface area contributed by atoms with E-state index in [4.69, 9.17) is 21.1 Å². The molecule has 0 fully saturated rings. The molecule has 0 spiro atoms. The highest BCUT2D eigenvalue weighted by molar-refractivity contribution is 7.11. The number of carbonyl (C=O) groups excluding carboxylic acids is 1. The second kappa shape index (κ2) is 13.8. The summed E-state index contributed by atoms with van der Waals surface area (Å²) in [4.78, 5) is 41.7. The molecule has 2 aliphatic rings. The highest BCUT2D eigenvalue weighted by Gasteiger charge is 2.35. The minimum Gasteiger partial charge on any atom is -0.484 e. The summed E-state index contributed by atoms with van der Waals surface area (Å²) in [6, 6.07) is 6.57. The lowest BCUT2D eigenvalue weighted by Gasteiger charge is -2.36.